The summed E-state index contributed by atoms with van der Waals surface area (Å²) in [5.74, 6) is 0.340. The summed E-state index contributed by atoms with van der Waals surface area (Å²) in [4.78, 5) is 4.67. The molecule has 0 fully saturated rings. The predicted octanol–water partition coefficient (Wildman–Crippen LogP) is 10.1. The van der Waals surface area contributed by atoms with Crippen LogP contribution in [0.5, 0.6) is 0 Å². The molecule has 0 saturated heterocycles. The number of anilines is 4. The predicted molar refractivity (Wildman–Crippen MR) is 198 cm³/mol. The molecule has 50 heavy (non-hydrogen) atoms. The smallest absolute Gasteiger partial charge is 0.0999 e. The van der Waals surface area contributed by atoms with E-state index >= 15 is 0 Å². The first-order chi connectivity index (χ1) is 24.7. The lowest BCUT2D eigenvalue weighted by atomic mass is 9.88. The number of hydrogen-bond donors (Lipinski definition) is 0. The summed E-state index contributed by atoms with van der Waals surface area (Å²) in [6.45, 7) is 0. The quantitative estimate of drug-likeness (QED) is 0.196. The maximum absolute atomic E-state index is 10.6. The highest BCUT2D eigenvalue weighted by Crippen LogP contribution is 2.52. The summed E-state index contributed by atoms with van der Waals surface area (Å²) >= 11 is 0. The molecule has 4 unspecified atom stereocenters. The largest absolute Gasteiger partial charge is 0.333 e. The fourth-order valence-corrected chi connectivity index (χ4v) is 8.29. The summed E-state index contributed by atoms with van der Waals surface area (Å²) in [5.41, 5.74) is 11.7. The highest BCUT2D eigenvalue weighted by molar-refractivity contribution is 5.96. The first-order valence-electron chi connectivity index (χ1n) is 16.8. The Morgan fingerprint density at radius 1 is 0.480 bits per heavy atom. The number of benzene rings is 5. The van der Waals surface area contributed by atoms with Crippen LogP contribution in [0.1, 0.15) is 39.7 Å². The fraction of sp³-hybridized carbons (Fsp3) is 0.0889. The van der Waals surface area contributed by atoms with Gasteiger partial charge in [0.25, 0.3) is 0 Å². The topological polar surface area (TPSA) is 77.8 Å². The first kappa shape index (κ1) is 29.3. The van der Waals surface area contributed by atoms with Crippen molar-refractivity contribution in [1.29, 1.82) is 15.8 Å². The molecular weight excluding hydrogens is 611 g/mol. The Kier molecular flexibility index (Phi) is 6.84. The Balaban J connectivity index is 1.19. The van der Waals surface area contributed by atoms with E-state index in [1.54, 1.807) is 6.07 Å². The minimum atomic E-state index is -0.0783. The van der Waals surface area contributed by atoms with Crippen molar-refractivity contribution in [3.63, 3.8) is 0 Å². The molecular formula is C45H29N5. The Hall–Kier alpha value is -6.87. The van der Waals surface area contributed by atoms with Gasteiger partial charge in [0.2, 0.25) is 0 Å². The molecule has 0 bridgehead atoms. The van der Waals surface area contributed by atoms with E-state index in [1.165, 1.54) is 11.3 Å². The number of nitriles is 3. The molecule has 0 radical (unpaired) electrons. The van der Waals surface area contributed by atoms with Gasteiger partial charge in [-0.05, 0) is 76.3 Å². The Morgan fingerprint density at radius 3 is 1.86 bits per heavy atom. The number of fused-ring (bicyclic) bond motifs is 6. The molecule has 4 aliphatic rings. The van der Waals surface area contributed by atoms with Crippen LogP contribution in [0, 0.1) is 34.0 Å². The van der Waals surface area contributed by atoms with Crippen molar-refractivity contribution in [2.75, 3.05) is 9.80 Å². The van der Waals surface area contributed by atoms with Gasteiger partial charge in [-0.25, -0.2) is 0 Å². The maximum Gasteiger partial charge on any atom is 0.0999 e. The molecule has 4 atom stereocenters. The third-order valence-corrected chi connectivity index (χ3v) is 10.4. The minimum absolute atomic E-state index is 0.0278. The lowest BCUT2D eigenvalue weighted by Crippen LogP contribution is -2.29. The summed E-state index contributed by atoms with van der Waals surface area (Å²) in [6.07, 6.45) is 17.3. The first-order valence-corrected chi connectivity index (χ1v) is 16.8. The monoisotopic (exact) mass is 639 g/mol. The van der Waals surface area contributed by atoms with Gasteiger partial charge in [0.1, 0.15) is 0 Å². The second kappa shape index (κ2) is 11.7. The summed E-state index contributed by atoms with van der Waals surface area (Å²) in [5, 5.41) is 30.4. The maximum atomic E-state index is 10.6. The van der Waals surface area contributed by atoms with Crippen molar-refractivity contribution >= 4 is 22.7 Å². The van der Waals surface area contributed by atoms with E-state index in [9.17, 15) is 15.8 Å². The van der Waals surface area contributed by atoms with Crippen LogP contribution in [0.3, 0.4) is 0 Å². The van der Waals surface area contributed by atoms with E-state index in [0.717, 1.165) is 44.9 Å². The molecule has 0 amide bonds. The summed E-state index contributed by atoms with van der Waals surface area (Å²) < 4.78 is 0. The zero-order valence-electron chi connectivity index (χ0n) is 27.0. The van der Waals surface area contributed by atoms with E-state index in [-0.39, 0.29) is 18.0 Å². The van der Waals surface area contributed by atoms with Crippen LogP contribution < -0.4 is 9.80 Å². The summed E-state index contributed by atoms with van der Waals surface area (Å²) in [7, 11) is 0. The molecule has 5 heteroatoms. The van der Waals surface area contributed by atoms with Crippen LogP contribution in [0.15, 0.2) is 152 Å². The van der Waals surface area contributed by atoms with Crippen LogP contribution in [0.2, 0.25) is 0 Å². The number of allylic oxidation sites excluding steroid dienone is 4. The molecule has 234 valence electrons. The lowest BCUT2D eigenvalue weighted by molar-refractivity contribution is 0.745. The Morgan fingerprint density at radius 2 is 1.12 bits per heavy atom. The second-order valence-electron chi connectivity index (χ2n) is 13.0. The SMILES string of the molecule is N#Cc1ccc2c(c1)C1C=CC=CC1N2c1cc(C#N)cc(C#N)c1-c1ccccc1-c1ccc(N2c3ccccc3C3C=CC=CC32)cc1. The van der Waals surface area contributed by atoms with Crippen molar-refractivity contribution in [2.45, 2.75) is 23.9 Å². The van der Waals surface area contributed by atoms with Crippen molar-refractivity contribution in [1.82, 2.24) is 0 Å². The van der Waals surface area contributed by atoms with E-state index in [4.69, 9.17) is 0 Å². The lowest BCUT2D eigenvalue weighted by Gasteiger charge is -2.31. The number of para-hydroxylation sites is 1. The molecule has 2 aliphatic heterocycles. The Labute approximate surface area is 291 Å². The van der Waals surface area contributed by atoms with Gasteiger partial charge >= 0.3 is 0 Å². The average Bonchev–Trinajstić information content (AvgIpc) is 3.70. The third-order valence-electron chi connectivity index (χ3n) is 10.4. The van der Waals surface area contributed by atoms with E-state index in [2.05, 4.69) is 125 Å². The number of rotatable bonds is 4. The highest BCUT2D eigenvalue weighted by atomic mass is 15.2. The van der Waals surface area contributed by atoms with Crippen LogP contribution in [-0.4, -0.2) is 12.1 Å². The molecule has 0 saturated carbocycles. The Bertz CT molecular complexity index is 2460. The van der Waals surface area contributed by atoms with Gasteiger partial charge in [0, 0.05) is 34.5 Å². The standard InChI is InChI=1S/C45H29N5/c46-26-29-17-22-43-39(24-29)37-12-5-8-16-42(37)50(43)44-25-30(27-47)23-32(28-48)45(44)38-13-2-1-9-34(38)31-18-20-33(21-19-31)49-40-14-6-3-10-35(40)36-11-4-7-15-41(36)49/h1-25,35,37,40,42H. The molecule has 5 aromatic rings. The van der Waals surface area contributed by atoms with Gasteiger partial charge in [-0.15, -0.1) is 0 Å². The molecule has 2 aliphatic carbocycles. The van der Waals surface area contributed by atoms with Crippen molar-refractivity contribution in [3.05, 3.63) is 180 Å². The summed E-state index contributed by atoms with van der Waals surface area (Å²) in [6, 6.07) is 42.1. The molecule has 2 heterocycles. The van der Waals surface area contributed by atoms with Crippen molar-refractivity contribution in [2.24, 2.45) is 0 Å². The van der Waals surface area contributed by atoms with E-state index in [0.29, 0.717) is 22.6 Å². The average molecular weight is 640 g/mol. The molecule has 0 spiro atoms. The van der Waals surface area contributed by atoms with Crippen LogP contribution in [0.25, 0.3) is 22.3 Å². The third kappa shape index (κ3) is 4.44. The molecule has 5 nitrogen and oxygen atoms in total. The molecule has 0 N–H and O–H groups in total. The highest BCUT2D eigenvalue weighted by Gasteiger charge is 2.40. The van der Waals surface area contributed by atoms with Crippen molar-refractivity contribution < 1.29 is 0 Å². The normalized spacial score (nSPS) is 20.3. The van der Waals surface area contributed by atoms with Gasteiger partial charge in [-0.2, -0.15) is 15.8 Å². The fourth-order valence-electron chi connectivity index (χ4n) is 8.29. The van der Waals surface area contributed by atoms with Gasteiger partial charge in [0.05, 0.1) is 52.7 Å². The van der Waals surface area contributed by atoms with E-state index in [1.807, 2.05) is 48.6 Å². The minimum Gasteiger partial charge on any atom is -0.333 e. The van der Waals surface area contributed by atoms with Crippen molar-refractivity contribution in [3.8, 4) is 40.5 Å². The van der Waals surface area contributed by atoms with Crippen LogP contribution >= 0.6 is 0 Å². The van der Waals surface area contributed by atoms with Gasteiger partial charge < -0.3 is 9.80 Å². The van der Waals surface area contributed by atoms with Gasteiger partial charge in [-0.1, -0.05) is 103 Å². The second-order valence-corrected chi connectivity index (χ2v) is 13.0. The van der Waals surface area contributed by atoms with Crippen LogP contribution in [0.4, 0.5) is 22.7 Å². The molecule has 0 aromatic heterocycles. The zero-order chi connectivity index (χ0) is 33.8. The number of nitrogens with zero attached hydrogens (tertiary/aromatic N) is 5. The molecule has 5 aromatic carbocycles. The van der Waals surface area contributed by atoms with Gasteiger partial charge in [0.15, 0.2) is 0 Å². The zero-order valence-corrected chi connectivity index (χ0v) is 27.0. The van der Waals surface area contributed by atoms with E-state index < -0.39 is 0 Å². The molecule has 9 rings (SSSR count). The van der Waals surface area contributed by atoms with Crippen LogP contribution in [-0.2, 0) is 0 Å². The van der Waals surface area contributed by atoms with Gasteiger partial charge in [-0.3, -0.25) is 0 Å². The number of hydrogen-bond acceptors (Lipinski definition) is 5.